The summed E-state index contributed by atoms with van der Waals surface area (Å²) in [5.74, 6) is -1.21. The number of aliphatic carboxylic acids is 1. The van der Waals surface area contributed by atoms with Crippen LogP contribution in [0.1, 0.15) is 37.3 Å². The highest BCUT2D eigenvalue weighted by Crippen LogP contribution is 2.39. The number of carboxylic acid groups (broad SMARTS) is 1. The van der Waals surface area contributed by atoms with Crippen molar-refractivity contribution in [2.24, 2.45) is 5.92 Å². The highest BCUT2D eigenvalue weighted by atomic mass is 35.5. The molecule has 6 nitrogen and oxygen atoms in total. The van der Waals surface area contributed by atoms with Crippen molar-refractivity contribution in [2.75, 3.05) is 26.2 Å². The summed E-state index contributed by atoms with van der Waals surface area (Å²) >= 11 is 4.70. The Balaban J connectivity index is 0.00000193. The van der Waals surface area contributed by atoms with Gasteiger partial charge in [0.2, 0.25) is 0 Å². The van der Waals surface area contributed by atoms with Gasteiger partial charge in [-0.15, -0.1) is 24.8 Å². The van der Waals surface area contributed by atoms with Gasteiger partial charge in [-0.05, 0) is 30.9 Å². The molecule has 2 N–H and O–H groups in total. The summed E-state index contributed by atoms with van der Waals surface area (Å²) < 4.78 is 14.6. The van der Waals surface area contributed by atoms with Crippen molar-refractivity contribution in [2.45, 2.75) is 49.1 Å². The minimum Gasteiger partial charge on any atom is -0.480 e. The number of aliphatic hydroxyl groups is 1. The zero-order valence-corrected chi connectivity index (χ0v) is 20.7. The number of carboxylic acids is 1. The highest BCUT2D eigenvalue weighted by molar-refractivity contribution is 7.81. The second-order valence-electron chi connectivity index (χ2n) is 8.85. The molecule has 0 spiro atoms. The number of carbonyl (C=O) groups excluding carboxylic acids is 1. The summed E-state index contributed by atoms with van der Waals surface area (Å²) in [6.07, 6.45) is 4.00. The quantitative estimate of drug-likeness (QED) is 0.378. The van der Waals surface area contributed by atoms with E-state index >= 15 is 0 Å². The lowest BCUT2D eigenvalue weighted by atomic mass is 9.93. The number of hydrogen-bond donors (Lipinski definition) is 3. The first-order chi connectivity index (χ1) is 14.8. The van der Waals surface area contributed by atoms with Crippen LogP contribution in [0.25, 0.3) is 0 Å². The third-order valence-electron chi connectivity index (χ3n) is 6.57. The van der Waals surface area contributed by atoms with Gasteiger partial charge in [-0.3, -0.25) is 19.4 Å². The molecule has 2 unspecified atom stereocenters. The zero-order valence-electron chi connectivity index (χ0n) is 18.2. The van der Waals surface area contributed by atoms with Gasteiger partial charge in [0.05, 0.1) is 12.1 Å². The van der Waals surface area contributed by atoms with Gasteiger partial charge in [-0.25, -0.2) is 4.39 Å². The van der Waals surface area contributed by atoms with Crippen LogP contribution in [0.2, 0.25) is 0 Å². The smallest absolute Gasteiger partial charge is 0.321 e. The normalized spacial score (nSPS) is 28.1. The summed E-state index contributed by atoms with van der Waals surface area (Å²) in [4.78, 5) is 28.4. The number of likely N-dealkylation sites (tertiary alicyclic amines) is 2. The number of benzene rings is 1. The SMILES string of the molecule is Cl.Cl.O=C(C1CC1)C(c1ccccc1F)N1CCC(S)C(=CCN2C[C@H](O)C[C@H]2C(=O)O)C1. The lowest BCUT2D eigenvalue weighted by molar-refractivity contribution is -0.142. The maximum Gasteiger partial charge on any atom is 0.321 e. The number of β-amino-alcohol motifs (C(OH)–C–C–N with tert-alkyl or cyclic N) is 1. The van der Waals surface area contributed by atoms with E-state index in [1.54, 1.807) is 23.1 Å². The van der Waals surface area contributed by atoms with Crippen molar-refractivity contribution in [3.8, 4) is 0 Å². The molecule has 184 valence electrons. The third kappa shape index (κ3) is 6.50. The molecule has 33 heavy (non-hydrogen) atoms. The number of carbonyl (C=O) groups is 2. The number of piperidine rings is 1. The summed E-state index contributed by atoms with van der Waals surface area (Å²) in [6, 6.07) is 5.17. The number of aliphatic hydroxyl groups excluding tert-OH is 1. The number of halogens is 3. The van der Waals surface area contributed by atoms with Crippen molar-refractivity contribution in [3.05, 3.63) is 47.3 Å². The van der Waals surface area contributed by atoms with Crippen LogP contribution < -0.4 is 0 Å². The van der Waals surface area contributed by atoms with E-state index in [-0.39, 0.29) is 54.0 Å². The molecule has 2 saturated heterocycles. The van der Waals surface area contributed by atoms with Crippen LogP contribution in [0.4, 0.5) is 4.39 Å². The fourth-order valence-electron chi connectivity index (χ4n) is 4.70. The minimum atomic E-state index is -0.933. The molecule has 0 aromatic heterocycles. The molecule has 3 fully saturated rings. The van der Waals surface area contributed by atoms with Crippen LogP contribution in [-0.2, 0) is 9.59 Å². The Morgan fingerprint density at radius 1 is 1.21 bits per heavy atom. The van der Waals surface area contributed by atoms with E-state index in [0.29, 0.717) is 31.7 Å². The fraction of sp³-hybridized carbons (Fsp3) is 0.565. The molecule has 0 radical (unpaired) electrons. The maximum absolute atomic E-state index is 14.6. The molecule has 1 aliphatic carbocycles. The number of rotatable bonds is 7. The molecule has 0 amide bonds. The first kappa shape index (κ1) is 28.1. The first-order valence-electron chi connectivity index (χ1n) is 10.9. The average Bonchev–Trinajstić information content (AvgIpc) is 3.52. The van der Waals surface area contributed by atoms with Crippen LogP contribution in [0.3, 0.4) is 0 Å². The fourth-order valence-corrected chi connectivity index (χ4v) is 5.01. The largest absolute Gasteiger partial charge is 0.480 e. The second kappa shape index (κ2) is 12.0. The van der Waals surface area contributed by atoms with Gasteiger partial charge < -0.3 is 10.2 Å². The summed E-state index contributed by atoms with van der Waals surface area (Å²) in [7, 11) is 0. The van der Waals surface area contributed by atoms with Crippen LogP contribution in [0, 0.1) is 11.7 Å². The summed E-state index contributed by atoms with van der Waals surface area (Å²) in [6.45, 7) is 1.85. The molecule has 2 heterocycles. The minimum absolute atomic E-state index is 0. The summed E-state index contributed by atoms with van der Waals surface area (Å²) in [5.41, 5.74) is 1.43. The van der Waals surface area contributed by atoms with E-state index in [1.807, 2.05) is 11.0 Å². The molecule has 3 aliphatic rings. The third-order valence-corrected chi connectivity index (χ3v) is 7.16. The topological polar surface area (TPSA) is 81.1 Å². The number of hydrogen-bond acceptors (Lipinski definition) is 6. The number of ketones is 1. The standard InChI is InChI=1S/C23H29FN2O4S.2ClH/c24-18-4-2-1-3-17(18)21(22(28)14-5-6-14)26-10-8-20(31)15(12-26)7-9-25-13-16(27)11-19(25)23(29)30;;/h1-4,7,14,16,19-21,27,31H,5-6,8-13H2,(H,29,30);2*1H/t16-,19+,20?,21?;;/m1../s1. The van der Waals surface area contributed by atoms with Gasteiger partial charge in [-0.1, -0.05) is 24.3 Å². The average molecular weight is 521 g/mol. The van der Waals surface area contributed by atoms with Crippen molar-refractivity contribution < 1.29 is 24.2 Å². The van der Waals surface area contributed by atoms with Gasteiger partial charge in [0.1, 0.15) is 11.9 Å². The first-order valence-corrected chi connectivity index (χ1v) is 11.4. The van der Waals surface area contributed by atoms with E-state index in [2.05, 4.69) is 0 Å². The van der Waals surface area contributed by atoms with Crippen molar-refractivity contribution in [1.29, 1.82) is 0 Å². The van der Waals surface area contributed by atoms with E-state index in [1.165, 1.54) is 6.07 Å². The highest BCUT2D eigenvalue weighted by Gasteiger charge is 2.41. The van der Waals surface area contributed by atoms with E-state index in [9.17, 15) is 24.2 Å². The van der Waals surface area contributed by atoms with Crippen molar-refractivity contribution >= 4 is 49.2 Å². The Morgan fingerprint density at radius 3 is 2.55 bits per heavy atom. The van der Waals surface area contributed by atoms with Gasteiger partial charge in [0.15, 0.2) is 5.78 Å². The Kier molecular flexibility index (Phi) is 10.2. The van der Waals surface area contributed by atoms with Gasteiger partial charge in [0.25, 0.3) is 0 Å². The molecule has 1 aromatic rings. The number of nitrogens with zero attached hydrogens (tertiary/aromatic N) is 2. The molecule has 0 bridgehead atoms. The van der Waals surface area contributed by atoms with E-state index in [4.69, 9.17) is 12.6 Å². The molecule has 4 rings (SSSR count). The van der Waals surface area contributed by atoms with Crippen molar-refractivity contribution in [3.63, 3.8) is 0 Å². The Morgan fingerprint density at radius 2 is 1.91 bits per heavy atom. The van der Waals surface area contributed by atoms with E-state index in [0.717, 1.165) is 24.8 Å². The predicted octanol–water partition coefficient (Wildman–Crippen LogP) is 3.14. The molecular weight excluding hydrogens is 490 g/mol. The molecule has 1 saturated carbocycles. The predicted molar refractivity (Wildman–Crippen MR) is 132 cm³/mol. The molecule has 4 atom stereocenters. The van der Waals surface area contributed by atoms with Crippen LogP contribution in [0.15, 0.2) is 35.9 Å². The maximum atomic E-state index is 14.6. The molecular formula is C23H31Cl2FN2O4S. The van der Waals surface area contributed by atoms with Gasteiger partial charge in [-0.2, -0.15) is 12.6 Å². The molecule has 10 heteroatoms. The Hall–Kier alpha value is -1.16. The zero-order chi connectivity index (χ0) is 22.1. The Bertz CT molecular complexity index is 886. The monoisotopic (exact) mass is 520 g/mol. The lowest BCUT2D eigenvalue weighted by Gasteiger charge is -2.38. The van der Waals surface area contributed by atoms with Crippen LogP contribution >= 0.6 is 37.4 Å². The van der Waals surface area contributed by atoms with Crippen LogP contribution in [-0.4, -0.2) is 75.3 Å². The van der Waals surface area contributed by atoms with E-state index < -0.39 is 24.2 Å². The second-order valence-corrected chi connectivity index (χ2v) is 9.48. The lowest BCUT2D eigenvalue weighted by Crippen LogP contribution is -2.43. The van der Waals surface area contributed by atoms with Crippen molar-refractivity contribution in [1.82, 2.24) is 9.80 Å². The van der Waals surface area contributed by atoms with Gasteiger partial charge in [0, 0.05) is 49.3 Å². The number of Topliss-reactive ketones (excluding diaryl/α,β-unsaturated/α-hetero) is 1. The Labute approximate surface area is 211 Å². The molecule has 2 aliphatic heterocycles. The van der Waals surface area contributed by atoms with Crippen LogP contribution in [0.5, 0.6) is 0 Å². The summed E-state index contributed by atoms with van der Waals surface area (Å²) in [5, 5.41) is 19.3. The van der Waals surface area contributed by atoms with Gasteiger partial charge >= 0.3 is 5.97 Å². The molecule has 1 aromatic carbocycles. The number of thiol groups is 1.